The summed E-state index contributed by atoms with van der Waals surface area (Å²) in [6.07, 6.45) is 1.49. The van der Waals surface area contributed by atoms with E-state index in [-0.39, 0.29) is 24.1 Å². The van der Waals surface area contributed by atoms with Gasteiger partial charge in [-0.2, -0.15) is 0 Å². The molecule has 3 rings (SSSR count). The molecule has 194 valence electrons. The lowest BCUT2D eigenvalue weighted by Gasteiger charge is -2.26. The molecule has 0 spiro atoms. The number of nitrogen functional groups attached to an aromatic ring is 1. The molecule has 2 unspecified atom stereocenters. The molecule has 1 amide bonds. The second-order valence-corrected chi connectivity index (χ2v) is 8.72. The van der Waals surface area contributed by atoms with Crippen molar-refractivity contribution in [2.45, 2.75) is 51.4 Å². The Bertz CT molecular complexity index is 1130. The Morgan fingerprint density at radius 2 is 1.51 bits per heavy atom. The van der Waals surface area contributed by atoms with Gasteiger partial charge in [-0.1, -0.05) is 84.9 Å². The number of benzene rings is 3. The molecule has 0 saturated carbocycles. The molecule has 3 aromatic rings. The van der Waals surface area contributed by atoms with Gasteiger partial charge in [0, 0.05) is 17.5 Å². The first-order valence-corrected chi connectivity index (χ1v) is 12.6. The molecule has 0 aromatic heterocycles. The number of amidine groups is 1. The molecule has 7 nitrogen and oxygen atoms in total. The average molecular weight is 502 g/mol. The Morgan fingerprint density at radius 3 is 2.11 bits per heavy atom. The fourth-order valence-electron chi connectivity index (χ4n) is 3.96. The van der Waals surface area contributed by atoms with Gasteiger partial charge >= 0.3 is 5.97 Å². The van der Waals surface area contributed by atoms with Gasteiger partial charge in [-0.25, -0.2) is 0 Å². The summed E-state index contributed by atoms with van der Waals surface area (Å²) < 4.78 is 11.5. The fourth-order valence-corrected chi connectivity index (χ4v) is 3.96. The summed E-state index contributed by atoms with van der Waals surface area (Å²) in [5.41, 5.74) is 8.98. The van der Waals surface area contributed by atoms with E-state index in [0.29, 0.717) is 25.0 Å². The highest BCUT2D eigenvalue weighted by Crippen LogP contribution is 2.28. The van der Waals surface area contributed by atoms with E-state index in [2.05, 4.69) is 5.32 Å². The first-order valence-electron chi connectivity index (χ1n) is 12.6. The van der Waals surface area contributed by atoms with Crippen LogP contribution in [0.2, 0.25) is 0 Å². The van der Waals surface area contributed by atoms with E-state index in [1.54, 1.807) is 6.92 Å². The number of hydrogen-bond acceptors (Lipinski definition) is 5. The zero-order valence-corrected chi connectivity index (χ0v) is 21.2. The number of rotatable bonds is 14. The van der Waals surface area contributed by atoms with Crippen molar-refractivity contribution in [2.75, 3.05) is 6.61 Å². The van der Waals surface area contributed by atoms with E-state index in [1.807, 2.05) is 84.9 Å². The largest absolute Gasteiger partial charge is 0.466 e. The summed E-state index contributed by atoms with van der Waals surface area (Å²) in [6.45, 7) is 2.06. The van der Waals surface area contributed by atoms with Crippen LogP contribution in [0.1, 0.15) is 67.2 Å². The van der Waals surface area contributed by atoms with Crippen LogP contribution < -0.4 is 11.1 Å². The third kappa shape index (κ3) is 9.20. The predicted molar refractivity (Wildman–Crippen MR) is 144 cm³/mol. The molecule has 0 bridgehead atoms. The maximum absolute atomic E-state index is 12.9. The molecular weight excluding hydrogens is 466 g/mol. The molecule has 2 atom stereocenters. The number of carbonyl (C=O) groups excluding carboxylic acids is 2. The summed E-state index contributed by atoms with van der Waals surface area (Å²) in [5, 5.41) is 10.5. The number of carbonyl (C=O) groups is 2. The number of nitrogens with one attached hydrogen (secondary N) is 2. The van der Waals surface area contributed by atoms with E-state index >= 15 is 0 Å². The van der Waals surface area contributed by atoms with Gasteiger partial charge in [0.15, 0.2) is 6.23 Å². The van der Waals surface area contributed by atoms with Crippen LogP contribution in [0.5, 0.6) is 0 Å². The van der Waals surface area contributed by atoms with Crippen molar-refractivity contribution in [1.29, 1.82) is 5.41 Å². The molecule has 7 heteroatoms. The number of unbranched alkanes of at least 4 members (excludes halogenated alkanes) is 1. The number of amides is 1. The molecule has 4 N–H and O–H groups in total. The van der Waals surface area contributed by atoms with Crippen LogP contribution in [0, 0.1) is 5.41 Å². The molecule has 0 radical (unpaired) electrons. The second-order valence-electron chi connectivity index (χ2n) is 8.72. The minimum atomic E-state index is -0.715. The Labute approximate surface area is 218 Å². The van der Waals surface area contributed by atoms with Crippen LogP contribution in [0.25, 0.3) is 0 Å². The fraction of sp³-hybridized carbons (Fsp3) is 0.300. The lowest BCUT2D eigenvalue weighted by Crippen LogP contribution is -2.31. The van der Waals surface area contributed by atoms with Crippen molar-refractivity contribution in [2.24, 2.45) is 5.73 Å². The number of nitrogens with two attached hydrogens (primary N) is 1. The monoisotopic (exact) mass is 501 g/mol. The van der Waals surface area contributed by atoms with Gasteiger partial charge in [0.25, 0.3) is 0 Å². The average Bonchev–Trinajstić information content (AvgIpc) is 2.91. The summed E-state index contributed by atoms with van der Waals surface area (Å²) in [6, 6.07) is 26.5. The molecule has 0 aliphatic rings. The summed E-state index contributed by atoms with van der Waals surface area (Å²) in [7, 11) is 0. The normalized spacial score (nSPS) is 12.4. The zero-order valence-electron chi connectivity index (χ0n) is 21.2. The second kappa shape index (κ2) is 14.6. The van der Waals surface area contributed by atoms with Gasteiger partial charge < -0.3 is 20.5 Å². The number of hydrogen-bond donors (Lipinski definition) is 3. The standard InChI is InChI=1S/C30H35N3O4/c1-2-36-28(35)21-26(23-12-5-3-6-13-23)37-30(25-14-7-4-8-15-25)33-27(34)16-10-9-11-22-17-19-24(20-18-22)29(31)32/h3-8,12-15,17-20,26,30H,2,9-11,16,21H2,1H3,(H3,31,32)(H,33,34). The van der Waals surface area contributed by atoms with Crippen LogP contribution in [0.15, 0.2) is 84.9 Å². The van der Waals surface area contributed by atoms with E-state index in [9.17, 15) is 9.59 Å². The topological polar surface area (TPSA) is 114 Å². The van der Waals surface area contributed by atoms with Crippen molar-refractivity contribution >= 4 is 17.7 Å². The van der Waals surface area contributed by atoms with Gasteiger partial charge in [0.2, 0.25) is 5.91 Å². The first-order chi connectivity index (χ1) is 18.0. The Kier molecular flexibility index (Phi) is 10.9. The minimum Gasteiger partial charge on any atom is -0.466 e. The van der Waals surface area contributed by atoms with Gasteiger partial charge in [0.05, 0.1) is 19.1 Å². The van der Waals surface area contributed by atoms with E-state index in [1.165, 1.54) is 0 Å². The SMILES string of the molecule is CCOC(=O)CC(OC(NC(=O)CCCCc1ccc(C(=N)N)cc1)c1ccccc1)c1ccccc1. The maximum atomic E-state index is 12.9. The Morgan fingerprint density at radius 1 is 0.892 bits per heavy atom. The highest BCUT2D eigenvalue weighted by atomic mass is 16.5. The molecule has 37 heavy (non-hydrogen) atoms. The molecule has 3 aromatic carbocycles. The molecule has 0 heterocycles. The highest BCUT2D eigenvalue weighted by molar-refractivity contribution is 5.94. The molecular formula is C30H35N3O4. The van der Waals surface area contributed by atoms with Crippen LogP contribution in [0.3, 0.4) is 0 Å². The zero-order chi connectivity index (χ0) is 26.5. The first kappa shape index (κ1) is 27.6. The van der Waals surface area contributed by atoms with Crippen LogP contribution in [0.4, 0.5) is 0 Å². The lowest BCUT2D eigenvalue weighted by atomic mass is 10.0. The molecule has 0 fully saturated rings. The quantitative estimate of drug-likeness (QED) is 0.0922. The van der Waals surface area contributed by atoms with Crippen molar-refractivity contribution < 1.29 is 19.1 Å². The van der Waals surface area contributed by atoms with Crippen molar-refractivity contribution in [3.8, 4) is 0 Å². The van der Waals surface area contributed by atoms with Crippen LogP contribution in [-0.4, -0.2) is 24.3 Å². The van der Waals surface area contributed by atoms with Crippen LogP contribution in [-0.2, 0) is 25.5 Å². The highest BCUT2D eigenvalue weighted by Gasteiger charge is 2.24. The smallest absolute Gasteiger partial charge is 0.308 e. The number of aryl methyl sites for hydroxylation is 1. The predicted octanol–water partition coefficient (Wildman–Crippen LogP) is 5.21. The van der Waals surface area contributed by atoms with Crippen molar-refractivity contribution in [3.05, 3.63) is 107 Å². The number of esters is 1. The third-order valence-electron chi connectivity index (χ3n) is 5.91. The lowest BCUT2D eigenvalue weighted by molar-refractivity contribution is -0.149. The third-order valence-corrected chi connectivity index (χ3v) is 5.91. The van der Waals surface area contributed by atoms with Crippen molar-refractivity contribution in [1.82, 2.24) is 5.32 Å². The van der Waals surface area contributed by atoms with Gasteiger partial charge in [-0.15, -0.1) is 0 Å². The molecule has 0 aliphatic carbocycles. The van der Waals surface area contributed by atoms with E-state index in [0.717, 1.165) is 29.5 Å². The molecule has 0 aliphatic heterocycles. The minimum absolute atomic E-state index is 0.0411. The van der Waals surface area contributed by atoms with Crippen molar-refractivity contribution in [3.63, 3.8) is 0 Å². The summed E-state index contributed by atoms with van der Waals surface area (Å²) in [5.74, 6) is -0.426. The van der Waals surface area contributed by atoms with E-state index < -0.39 is 12.3 Å². The summed E-state index contributed by atoms with van der Waals surface area (Å²) >= 11 is 0. The Balaban J connectivity index is 1.62. The summed E-state index contributed by atoms with van der Waals surface area (Å²) in [4.78, 5) is 25.2. The number of ether oxygens (including phenoxy) is 2. The van der Waals surface area contributed by atoms with E-state index in [4.69, 9.17) is 20.6 Å². The van der Waals surface area contributed by atoms with Crippen LogP contribution >= 0.6 is 0 Å². The Hall–Kier alpha value is -3.97. The van der Waals surface area contributed by atoms with Gasteiger partial charge in [-0.3, -0.25) is 15.0 Å². The maximum Gasteiger partial charge on any atom is 0.308 e. The van der Waals surface area contributed by atoms with Gasteiger partial charge in [-0.05, 0) is 37.3 Å². The van der Waals surface area contributed by atoms with Gasteiger partial charge in [0.1, 0.15) is 5.84 Å². The molecule has 0 saturated heterocycles.